The van der Waals surface area contributed by atoms with Gasteiger partial charge in [0.25, 0.3) is 0 Å². The van der Waals surface area contributed by atoms with Crippen LogP contribution in [-0.2, 0) is 9.47 Å². The maximum Gasteiger partial charge on any atom is 0.134 e. The second kappa shape index (κ2) is 18.6. The van der Waals surface area contributed by atoms with E-state index in [4.69, 9.17) is 9.47 Å². The molecule has 5 nitrogen and oxygen atoms in total. The van der Waals surface area contributed by atoms with Crippen molar-refractivity contribution in [3.05, 3.63) is 0 Å². The van der Waals surface area contributed by atoms with E-state index in [1.165, 1.54) is 50.2 Å². The average molecular weight is 476 g/mol. The molecule has 0 aliphatic heterocycles. The summed E-state index contributed by atoms with van der Waals surface area (Å²) >= 11 is 0. The molecule has 31 heavy (non-hydrogen) atoms. The topological polar surface area (TPSA) is 37.0 Å². The highest BCUT2D eigenvalue weighted by molar-refractivity contribution is 6.77. The van der Waals surface area contributed by atoms with Crippen molar-refractivity contribution in [2.24, 2.45) is 0 Å². The zero-order chi connectivity index (χ0) is 23.7. The van der Waals surface area contributed by atoms with Crippen LogP contribution in [0.3, 0.4) is 0 Å². The maximum absolute atomic E-state index is 5.80. The smallest absolute Gasteiger partial charge is 0.134 e. The molecular formula is C24H57N3O2Si2. The Hall–Kier alpha value is 0.234. The lowest BCUT2D eigenvalue weighted by Crippen LogP contribution is -2.58. The van der Waals surface area contributed by atoms with Crippen molar-refractivity contribution in [2.75, 3.05) is 45.9 Å². The summed E-state index contributed by atoms with van der Waals surface area (Å²) in [6.45, 7) is 28.1. The van der Waals surface area contributed by atoms with E-state index in [0.717, 1.165) is 26.3 Å². The van der Waals surface area contributed by atoms with Gasteiger partial charge >= 0.3 is 0 Å². The van der Waals surface area contributed by atoms with E-state index in [0.29, 0.717) is 12.1 Å². The molecule has 1 N–H and O–H groups in total. The van der Waals surface area contributed by atoms with E-state index >= 15 is 0 Å². The van der Waals surface area contributed by atoms with Crippen molar-refractivity contribution in [1.82, 2.24) is 14.8 Å². The van der Waals surface area contributed by atoms with Crippen molar-refractivity contribution >= 4 is 17.8 Å². The summed E-state index contributed by atoms with van der Waals surface area (Å²) in [4.78, 5) is 2.58. The van der Waals surface area contributed by atoms with Crippen LogP contribution in [0.25, 0.3) is 0 Å². The first-order valence-electron chi connectivity index (χ1n) is 13.4. The third-order valence-corrected chi connectivity index (χ3v) is 15.1. The van der Waals surface area contributed by atoms with Crippen molar-refractivity contribution in [2.45, 2.75) is 111 Å². The first-order chi connectivity index (χ1) is 14.9. The Kier molecular flexibility index (Phi) is 18.8. The molecule has 0 fully saturated rings. The molecule has 0 aromatic rings. The number of nitrogens with one attached hydrogen (secondary N) is 1. The molecule has 0 aromatic carbocycles. The van der Waals surface area contributed by atoms with Gasteiger partial charge < -0.3 is 24.3 Å². The lowest BCUT2D eigenvalue weighted by molar-refractivity contribution is -0.0828. The number of likely N-dealkylation sites (N-methyl/N-ethyl adjacent to an activating group) is 1. The first-order valence-corrected chi connectivity index (χ1v) is 17.7. The molecule has 7 heteroatoms. The fraction of sp³-hybridized carbons (Fsp3) is 1.00. The molecule has 0 saturated carbocycles. The minimum absolute atomic E-state index is 0.0743. The molecule has 0 heterocycles. The van der Waals surface area contributed by atoms with Crippen LogP contribution in [0.15, 0.2) is 0 Å². The third kappa shape index (κ3) is 11.8. The van der Waals surface area contributed by atoms with Gasteiger partial charge in [-0.2, -0.15) is 0 Å². The van der Waals surface area contributed by atoms with Crippen LogP contribution in [-0.4, -0.2) is 91.2 Å². The second-order valence-corrected chi connectivity index (χ2v) is 15.9. The summed E-state index contributed by atoms with van der Waals surface area (Å²) in [6, 6.07) is 6.41. The molecule has 0 rings (SSSR count). The molecule has 0 aliphatic carbocycles. The summed E-state index contributed by atoms with van der Waals surface area (Å²) in [6.07, 6.45) is 1.19. The Morgan fingerprint density at radius 2 is 1.39 bits per heavy atom. The maximum atomic E-state index is 5.80. The van der Waals surface area contributed by atoms with Gasteiger partial charge in [-0.25, -0.2) is 0 Å². The first kappa shape index (κ1) is 31.2. The van der Waals surface area contributed by atoms with Gasteiger partial charge in [0.15, 0.2) is 0 Å². The van der Waals surface area contributed by atoms with Gasteiger partial charge in [0, 0.05) is 44.9 Å². The molecule has 0 radical (unpaired) electrons. The summed E-state index contributed by atoms with van der Waals surface area (Å²) in [7, 11) is -1.80. The number of hydrogen-bond acceptors (Lipinski definition) is 5. The Bertz CT molecular complexity index is 396. The highest BCUT2D eigenvalue weighted by atomic mass is 28.3. The van der Waals surface area contributed by atoms with E-state index in [1.807, 2.05) is 0 Å². The zero-order valence-corrected chi connectivity index (χ0v) is 25.0. The van der Waals surface area contributed by atoms with E-state index in [1.54, 1.807) is 0 Å². The van der Waals surface area contributed by atoms with Crippen molar-refractivity contribution in [3.8, 4) is 0 Å². The highest BCUT2D eigenvalue weighted by Crippen LogP contribution is 2.25. The summed E-state index contributed by atoms with van der Waals surface area (Å²) in [5.41, 5.74) is 0. The van der Waals surface area contributed by atoms with Crippen LogP contribution in [0.4, 0.5) is 0 Å². The second-order valence-electron chi connectivity index (χ2n) is 8.85. The summed E-state index contributed by atoms with van der Waals surface area (Å²) < 4.78 is 14.6. The van der Waals surface area contributed by atoms with Crippen molar-refractivity contribution in [3.63, 3.8) is 0 Å². The number of ether oxygens (including phenoxy) is 2. The van der Waals surface area contributed by atoms with Gasteiger partial charge in [-0.1, -0.05) is 48.5 Å². The predicted octanol–water partition coefficient (Wildman–Crippen LogP) is 4.34. The Morgan fingerprint density at radius 3 is 1.81 bits per heavy atom. The molecule has 2 unspecified atom stereocenters. The number of hydrogen-bond donors (Lipinski definition) is 1. The predicted molar refractivity (Wildman–Crippen MR) is 144 cm³/mol. The van der Waals surface area contributed by atoms with Crippen LogP contribution >= 0.6 is 0 Å². The Balaban J connectivity index is 5.08. The SMILES string of the molecule is CCOC(OCC)[SiH2]CC(C)NC(CC)CN(CCN(CC)CC)[Si](CC)(CC)CC. The van der Waals surface area contributed by atoms with Gasteiger partial charge in [-0.05, 0) is 57.5 Å². The minimum atomic E-state index is -1.39. The fourth-order valence-corrected chi connectivity index (χ4v) is 10.5. The number of nitrogens with zero attached hydrogens (tertiary/aromatic N) is 2. The van der Waals surface area contributed by atoms with Gasteiger partial charge in [0.1, 0.15) is 14.1 Å². The lowest BCUT2D eigenvalue weighted by atomic mass is 10.2. The van der Waals surface area contributed by atoms with Gasteiger partial charge in [-0.15, -0.1) is 0 Å². The quantitative estimate of drug-likeness (QED) is 0.197. The molecule has 0 saturated heterocycles. The molecule has 0 aliphatic rings. The molecular weight excluding hydrogens is 418 g/mol. The van der Waals surface area contributed by atoms with Gasteiger partial charge in [-0.3, -0.25) is 0 Å². The standard InChI is InChI=1S/C24H57N3O2Si2/c1-10-23(25-22(9)21-30-24(28-13-4)29-14-5)20-27(19-18-26(11-2)12-3)31(15-6,16-7)17-8/h22-25H,10-21,30H2,1-9H3. The summed E-state index contributed by atoms with van der Waals surface area (Å²) in [5.74, 6) is 0.0743. The van der Waals surface area contributed by atoms with E-state index < -0.39 is 17.8 Å². The third-order valence-electron chi connectivity index (χ3n) is 7.22. The highest BCUT2D eigenvalue weighted by Gasteiger charge is 2.35. The average Bonchev–Trinajstić information content (AvgIpc) is 2.79. The molecule has 0 bridgehead atoms. The molecule has 0 spiro atoms. The van der Waals surface area contributed by atoms with E-state index in [9.17, 15) is 0 Å². The van der Waals surface area contributed by atoms with Crippen LogP contribution in [0, 0.1) is 0 Å². The molecule has 0 amide bonds. The largest absolute Gasteiger partial charge is 0.357 e. The fourth-order valence-electron chi connectivity index (χ4n) is 4.77. The van der Waals surface area contributed by atoms with Gasteiger partial charge in [0.05, 0.1) is 9.52 Å². The minimum Gasteiger partial charge on any atom is -0.357 e. The summed E-state index contributed by atoms with van der Waals surface area (Å²) in [5, 5.41) is 3.99. The van der Waals surface area contributed by atoms with E-state index in [2.05, 4.69) is 77.1 Å². The van der Waals surface area contributed by atoms with Crippen LogP contribution in [0.2, 0.25) is 24.2 Å². The molecule has 188 valence electrons. The normalized spacial score (nSPS) is 15.1. The van der Waals surface area contributed by atoms with Crippen LogP contribution in [0.5, 0.6) is 0 Å². The van der Waals surface area contributed by atoms with E-state index in [-0.39, 0.29) is 5.91 Å². The molecule has 2 atom stereocenters. The lowest BCUT2D eigenvalue weighted by Gasteiger charge is -2.44. The van der Waals surface area contributed by atoms with Crippen LogP contribution in [0.1, 0.15) is 68.7 Å². The molecule has 0 aromatic heterocycles. The van der Waals surface area contributed by atoms with Crippen molar-refractivity contribution in [1.29, 1.82) is 0 Å². The van der Waals surface area contributed by atoms with Gasteiger partial charge in [0.2, 0.25) is 0 Å². The van der Waals surface area contributed by atoms with Crippen LogP contribution < -0.4 is 5.32 Å². The number of rotatable bonds is 21. The zero-order valence-electron chi connectivity index (χ0n) is 22.6. The van der Waals surface area contributed by atoms with Crippen molar-refractivity contribution < 1.29 is 9.47 Å². The monoisotopic (exact) mass is 475 g/mol. The Labute approximate surface area is 198 Å². The Morgan fingerprint density at radius 1 is 0.839 bits per heavy atom.